The Morgan fingerprint density at radius 3 is 2.00 bits per heavy atom. The molecule has 2 amide bonds. The van der Waals surface area contributed by atoms with Gasteiger partial charge in [-0.15, -0.1) is 0 Å². The van der Waals surface area contributed by atoms with Crippen LogP contribution >= 0.6 is 0 Å². The number of nitrogens with zero attached hydrogens (tertiary/aromatic N) is 3. The Bertz CT molecular complexity index is 1460. The van der Waals surface area contributed by atoms with Crippen LogP contribution in [0, 0.1) is 23.2 Å². The van der Waals surface area contributed by atoms with Gasteiger partial charge < -0.3 is 15.1 Å². The molecular weight excluding hydrogens is 524 g/mol. The normalized spacial score (nSPS) is 24.4. The average molecular weight is 561 g/mol. The molecule has 0 spiro atoms. The molecule has 2 saturated heterocycles. The van der Waals surface area contributed by atoms with E-state index >= 15 is 0 Å². The van der Waals surface area contributed by atoms with E-state index < -0.39 is 23.9 Å². The summed E-state index contributed by atoms with van der Waals surface area (Å²) in [5.41, 5.74) is 2.71. The van der Waals surface area contributed by atoms with Gasteiger partial charge in [0.15, 0.2) is 5.78 Å². The zero-order valence-corrected chi connectivity index (χ0v) is 23.7. The minimum Gasteiger partial charge on any atom is -0.338 e. The van der Waals surface area contributed by atoms with Crippen molar-refractivity contribution in [3.63, 3.8) is 0 Å². The summed E-state index contributed by atoms with van der Waals surface area (Å²) >= 11 is 0. The molecule has 3 aromatic rings. The first-order valence-electron chi connectivity index (χ1n) is 15.0. The minimum atomic E-state index is -0.822. The van der Waals surface area contributed by atoms with Gasteiger partial charge in [-0.2, -0.15) is 5.26 Å². The third-order valence-electron chi connectivity index (χ3n) is 9.23. The number of amides is 2. The first kappa shape index (κ1) is 27.9. The third-order valence-corrected chi connectivity index (χ3v) is 9.23. The van der Waals surface area contributed by atoms with Crippen molar-refractivity contribution in [2.75, 3.05) is 26.2 Å². The molecule has 3 fully saturated rings. The fourth-order valence-corrected chi connectivity index (χ4v) is 7.20. The Labute approximate surface area is 247 Å². The summed E-state index contributed by atoms with van der Waals surface area (Å²) in [6, 6.07) is 26.8. The lowest BCUT2D eigenvalue weighted by atomic mass is 9.76. The van der Waals surface area contributed by atoms with Crippen LogP contribution in [-0.2, 0) is 9.59 Å². The number of piperazine rings is 1. The van der Waals surface area contributed by atoms with E-state index in [0.29, 0.717) is 37.3 Å². The van der Waals surface area contributed by atoms with Crippen molar-refractivity contribution < 1.29 is 14.4 Å². The van der Waals surface area contributed by atoms with E-state index in [0.717, 1.165) is 36.8 Å². The molecule has 3 aliphatic rings. The number of ketones is 1. The highest BCUT2D eigenvalue weighted by Crippen LogP contribution is 2.52. The molecular formula is C35H36N4O3. The van der Waals surface area contributed by atoms with Crippen LogP contribution < -0.4 is 5.32 Å². The summed E-state index contributed by atoms with van der Waals surface area (Å²) in [4.78, 5) is 47.6. The topological polar surface area (TPSA) is 93.5 Å². The largest absolute Gasteiger partial charge is 0.338 e. The predicted molar refractivity (Wildman–Crippen MR) is 159 cm³/mol. The van der Waals surface area contributed by atoms with Gasteiger partial charge >= 0.3 is 0 Å². The zero-order chi connectivity index (χ0) is 29.1. The standard InChI is InChI=1S/C35H36N4O3/c36-23-24-15-17-26(18-16-24)31-30(33(40)27-11-5-2-6-12-27)29(25-9-3-1-4-10-25)32(35(42)38-21-19-37-20-22-38)39(31)34(41)28-13-7-8-14-28/h1-6,9-12,15-18,28-32,37H,7-8,13-14,19-22H2. The Hall–Kier alpha value is -4.28. The number of Topliss-reactive ketones (excluding diaryl/α,β-unsaturated/α-hetero) is 1. The van der Waals surface area contributed by atoms with Crippen LogP contribution in [0.1, 0.15) is 64.7 Å². The summed E-state index contributed by atoms with van der Waals surface area (Å²) in [6.45, 7) is 2.50. The average Bonchev–Trinajstić information content (AvgIpc) is 3.72. The second-order valence-corrected chi connectivity index (χ2v) is 11.6. The van der Waals surface area contributed by atoms with Crippen molar-refractivity contribution in [2.24, 2.45) is 11.8 Å². The molecule has 214 valence electrons. The molecule has 4 unspecified atom stereocenters. The number of nitriles is 1. The van der Waals surface area contributed by atoms with Crippen LogP contribution in [0.3, 0.4) is 0 Å². The van der Waals surface area contributed by atoms with Crippen LogP contribution in [0.4, 0.5) is 0 Å². The van der Waals surface area contributed by atoms with E-state index in [9.17, 15) is 19.6 Å². The van der Waals surface area contributed by atoms with Gasteiger partial charge in [-0.1, -0.05) is 85.6 Å². The van der Waals surface area contributed by atoms with Crippen molar-refractivity contribution in [1.29, 1.82) is 5.26 Å². The molecule has 0 bridgehead atoms. The number of hydrogen-bond acceptors (Lipinski definition) is 5. The Morgan fingerprint density at radius 1 is 0.762 bits per heavy atom. The molecule has 6 rings (SSSR count). The summed E-state index contributed by atoms with van der Waals surface area (Å²) in [6.07, 6.45) is 3.54. The molecule has 2 heterocycles. The highest BCUT2D eigenvalue weighted by atomic mass is 16.2. The number of nitrogens with one attached hydrogen (secondary N) is 1. The van der Waals surface area contributed by atoms with Crippen LogP contribution in [0.25, 0.3) is 0 Å². The summed E-state index contributed by atoms with van der Waals surface area (Å²) < 4.78 is 0. The first-order valence-corrected chi connectivity index (χ1v) is 15.0. The van der Waals surface area contributed by atoms with Gasteiger partial charge in [0.2, 0.25) is 11.8 Å². The third kappa shape index (κ3) is 5.23. The molecule has 7 heteroatoms. The lowest BCUT2D eigenvalue weighted by Crippen LogP contribution is -2.55. The Morgan fingerprint density at radius 2 is 1.38 bits per heavy atom. The van der Waals surface area contributed by atoms with Crippen LogP contribution in [0.5, 0.6) is 0 Å². The van der Waals surface area contributed by atoms with Gasteiger partial charge in [-0.05, 0) is 36.1 Å². The summed E-state index contributed by atoms with van der Waals surface area (Å²) in [7, 11) is 0. The van der Waals surface area contributed by atoms with Gasteiger partial charge in [0.1, 0.15) is 6.04 Å². The van der Waals surface area contributed by atoms with E-state index in [1.165, 1.54) is 0 Å². The summed E-state index contributed by atoms with van der Waals surface area (Å²) in [5, 5.41) is 12.8. The van der Waals surface area contributed by atoms with E-state index in [4.69, 9.17) is 0 Å². The van der Waals surface area contributed by atoms with E-state index in [1.54, 1.807) is 17.0 Å². The van der Waals surface area contributed by atoms with Gasteiger partial charge in [0.05, 0.1) is 23.6 Å². The molecule has 1 aliphatic carbocycles. The van der Waals surface area contributed by atoms with E-state index in [2.05, 4.69) is 11.4 Å². The van der Waals surface area contributed by atoms with Gasteiger partial charge in [-0.25, -0.2) is 0 Å². The lowest BCUT2D eigenvalue weighted by molar-refractivity contribution is -0.148. The maximum Gasteiger partial charge on any atom is 0.246 e. The molecule has 1 saturated carbocycles. The van der Waals surface area contributed by atoms with Crippen LogP contribution in [-0.4, -0.2) is 59.6 Å². The number of hydrogen-bond donors (Lipinski definition) is 1. The number of benzene rings is 3. The first-order chi connectivity index (χ1) is 20.6. The highest BCUT2D eigenvalue weighted by molar-refractivity contribution is 6.02. The fourth-order valence-electron chi connectivity index (χ4n) is 7.20. The minimum absolute atomic E-state index is 0.0420. The van der Waals surface area contributed by atoms with Crippen LogP contribution in [0.15, 0.2) is 84.9 Å². The molecule has 2 aliphatic heterocycles. The van der Waals surface area contributed by atoms with Crippen LogP contribution in [0.2, 0.25) is 0 Å². The molecule has 4 atom stereocenters. The fraction of sp³-hybridized carbons (Fsp3) is 0.371. The molecule has 7 nitrogen and oxygen atoms in total. The van der Waals surface area contributed by atoms with Crippen molar-refractivity contribution in [1.82, 2.24) is 15.1 Å². The SMILES string of the molecule is N#Cc1ccc(C2C(C(=O)c3ccccc3)C(c3ccccc3)C(C(=O)N3CCNCC3)N2C(=O)C2CCCC2)cc1. The van der Waals surface area contributed by atoms with Gasteiger partial charge in [0, 0.05) is 43.6 Å². The monoisotopic (exact) mass is 560 g/mol. The quantitative estimate of drug-likeness (QED) is 0.441. The molecule has 0 radical (unpaired) electrons. The number of carbonyl (C=O) groups is 3. The number of likely N-dealkylation sites (tertiary alicyclic amines) is 1. The Kier molecular flexibility index (Phi) is 8.16. The number of rotatable bonds is 6. The summed E-state index contributed by atoms with van der Waals surface area (Å²) in [5.74, 6) is -1.62. The maximum absolute atomic E-state index is 14.6. The van der Waals surface area contributed by atoms with Gasteiger partial charge in [-0.3, -0.25) is 14.4 Å². The van der Waals surface area contributed by atoms with Gasteiger partial charge in [0.25, 0.3) is 0 Å². The molecule has 42 heavy (non-hydrogen) atoms. The van der Waals surface area contributed by atoms with Crippen molar-refractivity contribution in [3.05, 3.63) is 107 Å². The van der Waals surface area contributed by atoms with E-state index in [-0.39, 0.29) is 23.5 Å². The second-order valence-electron chi connectivity index (χ2n) is 11.6. The zero-order valence-electron chi connectivity index (χ0n) is 23.7. The predicted octanol–water partition coefficient (Wildman–Crippen LogP) is 4.72. The second kappa shape index (κ2) is 12.3. The van der Waals surface area contributed by atoms with Crippen molar-refractivity contribution in [2.45, 2.75) is 43.7 Å². The van der Waals surface area contributed by atoms with E-state index in [1.807, 2.05) is 77.7 Å². The molecule has 0 aromatic heterocycles. The van der Waals surface area contributed by atoms with Crippen molar-refractivity contribution in [3.8, 4) is 6.07 Å². The maximum atomic E-state index is 14.6. The smallest absolute Gasteiger partial charge is 0.246 e. The lowest BCUT2D eigenvalue weighted by Gasteiger charge is -2.37. The Balaban J connectivity index is 1.57. The van der Waals surface area contributed by atoms with Crippen molar-refractivity contribution >= 4 is 17.6 Å². The number of carbonyl (C=O) groups excluding carboxylic acids is 3. The molecule has 3 aromatic carbocycles. The highest BCUT2D eigenvalue weighted by Gasteiger charge is 2.58. The molecule has 1 N–H and O–H groups in total.